The lowest BCUT2D eigenvalue weighted by Gasteiger charge is -2.20. The second-order valence-corrected chi connectivity index (χ2v) is 9.58. The van der Waals surface area contributed by atoms with Crippen LogP contribution in [0.2, 0.25) is 0 Å². The Morgan fingerprint density at radius 2 is 1.73 bits per heavy atom. The van der Waals surface area contributed by atoms with E-state index in [9.17, 15) is 13.2 Å². The Morgan fingerprint density at radius 1 is 1.12 bits per heavy atom. The first-order valence-electron chi connectivity index (χ1n) is 8.23. The number of hydrogen-bond acceptors (Lipinski definition) is 4. The molecule has 1 N–H and O–H groups in total. The molecule has 2 amide bonds. The van der Waals surface area contributed by atoms with Gasteiger partial charge in [0.2, 0.25) is 0 Å². The number of carbonyl (C=O) groups is 1. The minimum Gasteiger partial charge on any atom is -0.323 e. The van der Waals surface area contributed by atoms with Gasteiger partial charge >= 0.3 is 6.03 Å². The molecule has 0 aliphatic heterocycles. The van der Waals surface area contributed by atoms with Crippen LogP contribution in [0.5, 0.6) is 0 Å². The predicted octanol–water partition coefficient (Wildman–Crippen LogP) is 4.25. The Morgan fingerprint density at radius 3 is 2.31 bits per heavy atom. The zero-order valence-electron chi connectivity index (χ0n) is 15.4. The number of rotatable bonds is 6. The van der Waals surface area contributed by atoms with Crippen LogP contribution in [0.1, 0.15) is 19.4 Å². The third kappa shape index (κ3) is 4.80. The van der Waals surface area contributed by atoms with Crippen molar-refractivity contribution >= 4 is 33.3 Å². The SMILES string of the molecule is CSc1ccc(CN(C)C(=O)Nc2ccccc2S(=O)(=O)C(C)C)cc1. The monoisotopic (exact) mass is 392 g/mol. The number of benzene rings is 2. The summed E-state index contributed by atoms with van der Waals surface area (Å²) in [6, 6.07) is 14.1. The molecule has 0 bridgehead atoms. The summed E-state index contributed by atoms with van der Waals surface area (Å²) in [5, 5.41) is 2.16. The summed E-state index contributed by atoms with van der Waals surface area (Å²) in [6.45, 7) is 3.68. The predicted molar refractivity (Wildman–Crippen MR) is 107 cm³/mol. The lowest BCUT2D eigenvalue weighted by atomic mass is 10.2. The average molecular weight is 393 g/mol. The molecule has 0 heterocycles. The summed E-state index contributed by atoms with van der Waals surface area (Å²) in [7, 11) is -1.80. The molecule has 0 radical (unpaired) electrons. The van der Waals surface area contributed by atoms with E-state index in [0.29, 0.717) is 12.2 Å². The molecule has 0 atom stereocenters. The fourth-order valence-electron chi connectivity index (χ4n) is 2.36. The standard InChI is InChI=1S/C19H24N2O3S2/c1-14(2)26(23,24)18-8-6-5-7-17(18)20-19(22)21(3)13-15-9-11-16(25-4)12-10-15/h5-12,14H,13H2,1-4H3,(H,20,22). The highest BCUT2D eigenvalue weighted by Crippen LogP contribution is 2.25. The van der Waals surface area contributed by atoms with E-state index in [-0.39, 0.29) is 10.9 Å². The van der Waals surface area contributed by atoms with Crippen LogP contribution in [-0.4, -0.2) is 37.9 Å². The fourth-order valence-corrected chi connectivity index (χ4v) is 3.97. The first kappa shape index (κ1) is 20.3. The number of carbonyl (C=O) groups excluding carboxylic acids is 1. The van der Waals surface area contributed by atoms with Gasteiger partial charge in [-0.2, -0.15) is 0 Å². The van der Waals surface area contributed by atoms with E-state index in [2.05, 4.69) is 5.32 Å². The normalized spacial score (nSPS) is 11.4. The summed E-state index contributed by atoms with van der Waals surface area (Å²) in [5.41, 5.74) is 1.30. The summed E-state index contributed by atoms with van der Waals surface area (Å²) in [4.78, 5) is 15.3. The lowest BCUT2D eigenvalue weighted by molar-refractivity contribution is 0.220. The van der Waals surface area contributed by atoms with Gasteiger partial charge in [-0.25, -0.2) is 13.2 Å². The van der Waals surface area contributed by atoms with Gasteiger partial charge in [0.15, 0.2) is 9.84 Å². The van der Waals surface area contributed by atoms with Gasteiger partial charge in [0, 0.05) is 18.5 Å². The molecule has 0 aromatic heterocycles. The van der Waals surface area contributed by atoms with Crippen LogP contribution in [0.3, 0.4) is 0 Å². The van der Waals surface area contributed by atoms with Crippen LogP contribution in [0.25, 0.3) is 0 Å². The number of nitrogens with zero attached hydrogens (tertiary/aromatic N) is 1. The summed E-state index contributed by atoms with van der Waals surface area (Å²) in [6.07, 6.45) is 2.01. The van der Waals surface area contributed by atoms with E-state index in [1.54, 1.807) is 50.9 Å². The number of anilines is 1. The Labute approximate surface area is 159 Å². The minimum atomic E-state index is -3.48. The molecule has 2 rings (SSSR count). The molecule has 0 saturated heterocycles. The highest BCUT2D eigenvalue weighted by Gasteiger charge is 2.23. The molecule has 2 aromatic carbocycles. The Bertz CT molecular complexity index is 863. The van der Waals surface area contributed by atoms with Crippen LogP contribution in [0.4, 0.5) is 10.5 Å². The topological polar surface area (TPSA) is 66.5 Å². The van der Waals surface area contributed by atoms with E-state index < -0.39 is 15.1 Å². The van der Waals surface area contributed by atoms with Crippen molar-refractivity contribution < 1.29 is 13.2 Å². The number of thioether (sulfide) groups is 1. The van der Waals surface area contributed by atoms with Crippen LogP contribution < -0.4 is 5.32 Å². The molecule has 0 aliphatic rings. The first-order chi connectivity index (χ1) is 12.3. The van der Waals surface area contributed by atoms with Crippen LogP contribution in [0.15, 0.2) is 58.3 Å². The minimum absolute atomic E-state index is 0.140. The molecule has 26 heavy (non-hydrogen) atoms. The molecule has 5 nitrogen and oxygen atoms in total. The Balaban J connectivity index is 2.14. The number of urea groups is 1. The third-order valence-corrected chi connectivity index (χ3v) is 6.94. The van der Waals surface area contributed by atoms with E-state index in [1.807, 2.05) is 30.5 Å². The van der Waals surface area contributed by atoms with Gasteiger partial charge in [0.05, 0.1) is 15.8 Å². The second kappa shape index (κ2) is 8.60. The highest BCUT2D eigenvalue weighted by atomic mass is 32.2. The zero-order chi connectivity index (χ0) is 19.3. The largest absolute Gasteiger partial charge is 0.323 e. The number of sulfone groups is 1. The molecule has 0 fully saturated rings. The van der Waals surface area contributed by atoms with Crippen molar-refractivity contribution in [1.29, 1.82) is 0 Å². The molecular formula is C19H24N2O3S2. The van der Waals surface area contributed by atoms with Crippen LogP contribution >= 0.6 is 11.8 Å². The van der Waals surface area contributed by atoms with Crippen LogP contribution in [-0.2, 0) is 16.4 Å². The smallest absolute Gasteiger partial charge is 0.321 e. The van der Waals surface area contributed by atoms with Gasteiger partial charge < -0.3 is 10.2 Å². The molecule has 7 heteroatoms. The van der Waals surface area contributed by atoms with Gasteiger partial charge in [-0.3, -0.25) is 0 Å². The molecule has 0 unspecified atom stereocenters. The van der Waals surface area contributed by atoms with Crippen LogP contribution in [0, 0.1) is 0 Å². The van der Waals surface area contributed by atoms with Crippen molar-refractivity contribution in [2.45, 2.75) is 35.4 Å². The Hall–Kier alpha value is -1.99. The number of para-hydroxylation sites is 1. The molecule has 0 aliphatic carbocycles. The van der Waals surface area contributed by atoms with E-state index in [4.69, 9.17) is 0 Å². The lowest BCUT2D eigenvalue weighted by Crippen LogP contribution is -2.31. The van der Waals surface area contributed by atoms with Crippen molar-refractivity contribution in [2.75, 3.05) is 18.6 Å². The average Bonchev–Trinajstić information content (AvgIpc) is 2.62. The maximum atomic E-state index is 12.5. The number of hydrogen-bond donors (Lipinski definition) is 1. The molecule has 0 spiro atoms. The van der Waals surface area contributed by atoms with E-state index in [0.717, 1.165) is 10.5 Å². The molecule has 0 saturated carbocycles. The van der Waals surface area contributed by atoms with Crippen molar-refractivity contribution in [3.8, 4) is 0 Å². The maximum absolute atomic E-state index is 12.5. The second-order valence-electron chi connectivity index (χ2n) is 6.22. The van der Waals surface area contributed by atoms with E-state index in [1.165, 1.54) is 11.0 Å². The number of nitrogens with one attached hydrogen (secondary N) is 1. The van der Waals surface area contributed by atoms with Crippen molar-refractivity contribution in [3.63, 3.8) is 0 Å². The molecule has 2 aromatic rings. The Kier molecular flexibility index (Phi) is 6.72. The van der Waals surface area contributed by atoms with Crippen molar-refractivity contribution in [2.24, 2.45) is 0 Å². The summed E-state index contributed by atoms with van der Waals surface area (Å²) >= 11 is 1.66. The number of amides is 2. The molecular weight excluding hydrogens is 368 g/mol. The zero-order valence-corrected chi connectivity index (χ0v) is 17.0. The fraction of sp³-hybridized carbons (Fsp3) is 0.316. The third-order valence-electron chi connectivity index (χ3n) is 3.98. The van der Waals surface area contributed by atoms with Gasteiger partial charge in [0.25, 0.3) is 0 Å². The van der Waals surface area contributed by atoms with Crippen molar-refractivity contribution in [3.05, 3.63) is 54.1 Å². The van der Waals surface area contributed by atoms with Gasteiger partial charge in [0.1, 0.15) is 0 Å². The summed E-state index contributed by atoms with van der Waals surface area (Å²) in [5.74, 6) is 0. The quantitative estimate of drug-likeness (QED) is 0.746. The van der Waals surface area contributed by atoms with Crippen molar-refractivity contribution in [1.82, 2.24) is 4.90 Å². The van der Waals surface area contributed by atoms with Gasteiger partial charge in [-0.15, -0.1) is 11.8 Å². The highest BCUT2D eigenvalue weighted by molar-refractivity contribution is 7.98. The first-order valence-corrected chi connectivity index (χ1v) is 11.0. The van der Waals surface area contributed by atoms with Gasteiger partial charge in [-0.05, 0) is 49.9 Å². The summed E-state index contributed by atoms with van der Waals surface area (Å²) < 4.78 is 25.0. The molecule has 140 valence electrons. The van der Waals surface area contributed by atoms with E-state index >= 15 is 0 Å². The maximum Gasteiger partial charge on any atom is 0.321 e. The van der Waals surface area contributed by atoms with Gasteiger partial charge in [-0.1, -0.05) is 24.3 Å².